The van der Waals surface area contributed by atoms with Crippen LogP contribution >= 0.6 is 0 Å². The highest BCUT2D eigenvalue weighted by atomic mass is 15.2. The van der Waals surface area contributed by atoms with Gasteiger partial charge in [0.25, 0.3) is 11.6 Å². The quantitative estimate of drug-likeness (QED) is 0.576. The van der Waals surface area contributed by atoms with Gasteiger partial charge in [0, 0.05) is 41.5 Å². The zero-order valence-electron chi connectivity index (χ0n) is 16.3. The summed E-state index contributed by atoms with van der Waals surface area (Å²) in [6.45, 7) is 15.6. The maximum Gasteiger partial charge on any atom is 0.253 e. The van der Waals surface area contributed by atoms with Crippen LogP contribution in [-0.4, -0.2) is 9.13 Å². The van der Waals surface area contributed by atoms with E-state index in [1.54, 1.807) is 0 Å². The summed E-state index contributed by atoms with van der Waals surface area (Å²) in [6.07, 6.45) is 3.78. The molecule has 0 amide bonds. The molecule has 2 heterocycles. The molecule has 0 aliphatic heterocycles. The normalized spacial score (nSPS) is 11.5. The number of imidazole rings is 2. The van der Waals surface area contributed by atoms with Gasteiger partial charge in [-0.2, -0.15) is 0 Å². The predicted molar refractivity (Wildman–Crippen MR) is 93.5 cm³/mol. The summed E-state index contributed by atoms with van der Waals surface area (Å²) in [4.78, 5) is 0. The monoisotopic (exact) mass is 318 g/mol. The molecular formula is C19H34N4+2. The van der Waals surface area contributed by atoms with E-state index in [0.29, 0.717) is 0 Å². The molecule has 0 atom stereocenters. The Labute approximate surface area is 141 Å². The lowest BCUT2D eigenvalue weighted by molar-refractivity contribution is -0.711. The maximum atomic E-state index is 2.46. The molecular weight excluding hydrogens is 284 g/mol. The van der Waals surface area contributed by atoms with E-state index >= 15 is 0 Å². The Kier molecular flexibility index (Phi) is 5.33. The van der Waals surface area contributed by atoms with E-state index in [2.05, 4.69) is 73.9 Å². The lowest BCUT2D eigenvalue weighted by atomic mass is 10.2. The average molecular weight is 319 g/mol. The van der Waals surface area contributed by atoms with E-state index < -0.39 is 0 Å². The summed E-state index contributed by atoms with van der Waals surface area (Å²) in [5, 5.41) is 0. The predicted octanol–water partition coefficient (Wildman–Crippen LogP) is 2.66. The molecule has 0 spiro atoms. The van der Waals surface area contributed by atoms with Crippen LogP contribution in [0.4, 0.5) is 0 Å². The van der Waals surface area contributed by atoms with Crippen molar-refractivity contribution < 1.29 is 9.13 Å². The van der Waals surface area contributed by atoms with Crippen LogP contribution in [0.2, 0.25) is 0 Å². The van der Waals surface area contributed by atoms with Gasteiger partial charge in [0.15, 0.2) is 0 Å². The fraction of sp³-hybridized carbons (Fsp3) is 0.684. The largest absolute Gasteiger partial charge is 0.253 e. The second kappa shape index (κ2) is 6.90. The van der Waals surface area contributed by atoms with E-state index in [1.807, 2.05) is 0 Å². The van der Waals surface area contributed by atoms with Crippen molar-refractivity contribution in [1.82, 2.24) is 9.13 Å². The van der Waals surface area contributed by atoms with E-state index in [9.17, 15) is 0 Å². The van der Waals surface area contributed by atoms with Gasteiger partial charge in [0.1, 0.15) is 22.8 Å². The van der Waals surface area contributed by atoms with E-state index in [4.69, 9.17) is 0 Å². The summed E-state index contributed by atoms with van der Waals surface area (Å²) in [6, 6.07) is 0. The van der Waals surface area contributed by atoms with Crippen LogP contribution in [0.1, 0.15) is 53.7 Å². The Morgan fingerprint density at radius 1 is 0.609 bits per heavy atom. The molecule has 0 fully saturated rings. The number of hydrogen-bond donors (Lipinski definition) is 0. The first-order chi connectivity index (χ1) is 10.8. The molecule has 0 aliphatic rings. The van der Waals surface area contributed by atoms with Crippen molar-refractivity contribution in [3.05, 3.63) is 34.4 Å². The van der Waals surface area contributed by atoms with E-state index in [0.717, 1.165) is 13.1 Å². The van der Waals surface area contributed by atoms with Crippen LogP contribution < -0.4 is 9.13 Å². The van der Waals surface area contributed by atoms with Crippen molar-refractivity contribution in [2.75, 3.05) is 0 Å². The van der Waals surface area contributed by atoms with Crippen LogP contribution in [0.3, 0.4) is 0 Å². The molecule has 0 saturated carbocycles. The van der Waals surface area contributed by atoms with E-state index in [1.165, 1.54) is 53.7 Å². The van der Waals surface area contributed by atoms with Crippen LogP contribution in [0, 0.1) is 41.5 Å². The molecule has 128 valence electrons. The van der Waals surface area contributed by atoms with Crippen LogP contribution in [-0.2, 0) is 27.2 Å². The van der Waals surface area contributed by atoms with Crippen LogP contribution in [0.5, 0.6) is 0 Å². The fourth-order valence-corrected chi connectivity index (χ4v) is 3.58. The lowest BCUT2D eigenvalue weighted by Crippen LogP contribution is -2.39. The molecule has 0 bridgehead atoms. The Bertz CT molecular complexity index is 593. The molecule has 23 heavy (non-hydrogen) atoms. The van der Waals surface area contributed by atoms with Crippen molar-refractivity contribution in [3.63, 3.8) is 0 Å². The van der Waals surface area contributed by atoms with Gasteiger partial charge in [-0.05, 0) is 19.3 Å². The first-order valence-corrected chi connectivity index (χ1v) is 8.82. The van der Waals surface area contributed by atoms with Crippen molar-refractivity contribution in [2.24, 2.45) is 14.1 Å². The Balaban J connectivity index is 1.88. The SMILES string of the molecule is Cc1c(C)[n+](CCCCC[n+]2c(C)c(C)n(C)c2C)c(C)n1C. The van der Waals surface area contributed by atoms with Gasteiger partial charge in [-0.15, -0.1) is 0 Å². The third-order valence-corrected chi connectivity index (χ3v) is 5.88. The molecule has 0 saturated heterocycles. The average Bonchev–Trinajstić information content (AvgIpc) is 2.83. The fourth-order valence-electron chi connectivity index (χ4n) is 3.58. The standard InChI is InChI=1S/C19H34N4/c1-14-16(3)22(18(5)20(14)7)12-10-9-11-13-23-17(4)15(2)21(8)19(23)6/h9-13H2,1-8H3/q+2. The minimum absolute atomic E-state index is 1.13. The molecule has 2 aromatic rings. The maximum absolute atomic E-state index is 2.46. The zero-order chi connectivity index (χ0) is 17.3. The van der Waals surface area contributed by atoms with Gasteiger partial charge < -0.3 is 0 Å². The molecule has 0 N–H and O–H groups in total. The number of unbranched alkanes of at least 4 members (excludes halogenated alkanes) is 2. The first kappa shape index (κ1) is 17.8. The number of hydrogen-bond acceptors (Lipinski definition) is 0. The van der Waals surface area contributed by atoms with Crippen molar-refractivity contribution in [2.45, 2.75) is 73.9 Å². The zero-order valence-corrected chi connectivity index (χ0v) is 16.3. The second-order valence-corrected chi connectivity index (χ2v) is 6.92. The molecule has 0 aliphatic carbocycles. The molecule has 4 heteroatoms. The highest BCUT2D eigenvalue weighted by Crippen LogP contribution is 2.08. The summed E-state index contributed by atoms with van der Waals surface area (Å²) < 4.78 is 9.52. The highest BCUT2D eigenvalue weighted by molar-refractivity contribution is 5.06. The second-order valence-electron chi connectivity index (χ2n) is 6.92. The third kappa shape index (κ3) is 3.22. The van der Waals surface area contributed by atoms with Gasteiger partial charge in [0.05, 0.1) is 27.2 Å². The smallest absolute Gasteiger partial charge is 0.234 e. The minimum Gasteiger partial charge on any atom is -0.234 e. The number of nitrogens with zero attached hydrogens (tertiary/aromatic N) is 4. The highest BCUT2D eigenvalue weighted by Gasteiger charge is 2.20. The summed E-state index contributed by atoms with van der Waals surface area (Å²) in [7, 11) is 4.32. The Morgan fingerprint density at radius 2 is 0.957 bits per heavy atom. The topological polar surface area (TPSA) is 17.6 Å². The third-order valence-electron chi connectivity index (χ3n) is 5.88. The molecule has 0 radical (unpaired) electrons. The number of aromatic nitrogens is 4. The van der Waals surface area contributed by atoms with Gasteiger partial charge in [-0.3, -0.25) is 0 Å². The van der Waals surface area contributed by atoms with Crippen LogP contribution in [0.15, 0.2) is 0 Å². The Hall–Kier alpha value is -1.58. The van der Waals surface area contributed by atoms with Gasteiger partial charge in [-0.1, -0.05) is 0 Å². The van der Waals surface area contributed by atoms with Gasteiger partial charge >= 0.3 is 0 Å². The lowest BCUT2D eigenvalue weighted by Gasteiger charge is -2.03. The molecule has 4 nitrogen and oxygen atoms in total. The molecule has 2 aromatic heterocycles. The number of rotatable bonds is 6. The van der Waals surface area contributed by atoms with Crippen molar-refractivity contribution >= 4 is 0 Å². The molecule has 0 aromatic carbocycles. The van der Waals surface area contributed by atoms with Crippen LogP contribution in [0.25, 0.3) is 0 Å². The molecule has 2 rings (SSSR count). The van der Waals surface area contributed by atoms with E-state index in [-0.39, 0.29) is 0 Å². The Morgan fingerprint density at radius 3 is 1.22 bits per heavy atom. The summed E-state index contributed by atoms with van der Waals surface area (Å²) >= 11 is 0. The summed E-state index contributed by atoms with van der Waals surface area (Å²) in [5.41, 5.74) is 5.57. The minimum atomic E-state index is 1.13. The summed E-state index contributed by atoms with van der Waals surface area (Å²) in [5.74, 6) is 2.72. The van der Waals surface area contributed by atoms with Gasteiger partial charge in [-0.25, -0.2) is 18.3 Å². The van der Waals surface area contributed by atoms with Crippen molar-refractivity contribution in [3.8, 4) is 0 Å². The first-order valence-electron chi connectivity index (χ1n) is 8.82. The molecule has 0 unspecified atom stereocenters. The van der Waals surface area contributed by atoms with Gasteiger partial charge in [0.2, 0.25) is 0 Å². The van der Waals surface area contributed by atoms with Crippen molar-refractivity contribution in [1.29, 1.82) is 0 Å².